The van der Waals surface area contributed by atoms with Gasteiger partial charge in [0.2, 0.25) is 0 Å². The monoisotopic (exact) mass is 273 g/mol. The Balaban J connectivity index is 2.07. The highest BCUT2D eigenvalue weighted by atomic mass is 16.5. The molecule has 1 aliphatic heterocycles. The molecule has 0 spiro atoms. The predicted molar refractivity (Wildman–Crippen MR) is 79.8 cm³/mol. The van der Waals surface area contributed by atoms with Gasteiger partial charge < -0.3 is 20.5 Å². The molecule has 3 rings (SSSR count). The fourth-order valence-corrected chi connectivity index (χ4v) is 2.69. The van der Waals surface area contributed by atoms with Crippen molar-refractivity contribution in [2.45, 2.75) is 19.1 Å². The number of nitrogens with zero attached hydrogens (tertiary/aromatic N) is 2. The number of ether oxygens (including phenoxy) is 1. The quantitative estimate of drug-likeness (QED) is 0.809. The largest absolute Gasteiger partial charge is 0.397 e. The summed E-state index contributed by atoms with van der Waals surface area (Å²) in [4.78, 5) is 6.63. The van der Waals surface area contributed by atoms with Crippen molar-refractivity contribution in [3.05, 3.63) is 30.5 Å². The fraction of sp³-hybridized carbons (Fsp3) is 0.400. The fourth-order valence-electron chi connectivity index (χ4n) is 2.69. The lowest BCUT2D eigenvalue weighted by atomic mass is 10.1. The van der Waals surface area contributed by atoms with Gasteiger partial charge in [0.1, 0.15) is 0 Å². The molecule has 2 unspecified atom stereocenters. The Hall–Kier alpha value is -1.85. The van der Waals surface area contributed by atoms with Crippen molar-refractivity contribution >= 4 is 22.3 Å². The van der Waals surface area contributed by atoms with Crippen molar-refractivity contribution < 1.29 is 9.84 Å². The van der Waals surface area contributed by atoms with E-state index < -0.39 is 0 Å². The number of hydrogen-bond acceptors (Lipinski definition) is 5. The molecular formula is C15H19N3O2. The van der Waals surface area contributed by atoms with Gasteiger partial charge in [0.05, 0.1) is 30.5 Å². The third-order valence-corrected chi connectivity index (χ3v) is 3.80. The number of pyridine rings is 1. The number of hydrogen-bond donors (Lipinski definition) is 2. The lowest BCUT2D eigenvalue weighted by molar-refractivity contribution is -0.0102. The number of benzene rings is 1. The average molecular weight is 273 g/mol. The van der Waals surface area contributed by atoms with Crippen LogP contribution in [0.5, 0.6) is 0 Å². The van der Waals surface area contributed by atoms with Crippen molar-refractivity contribution in [3.63, 3.8) is 0 Å². The molecule has 106 valence electrons. The van der Waals surface area contributed by atoms with Crippen LogP contribution in [0, 0.1) is 0 Å². The molecule has 1 aromatic heterocycles. The molecule has 5 heteroatoms. The molecule has 2 aromatic rings. The molecule has 0 radical (unpaired) electrons. The van der Waals surface area contributed by atoms with Gasteiger partial charge in [-0.15, -0.1) is 0 Å². The minimum Gasteiger partial charge on any atom is -0.397 e. The summed E-state index contributed by atoms with van der Waals surface area (Å²) in [6, 6.07) is 8.12. The molecule has 0 amide bonds. The predicted octanol–water partition coefficient (Wildman–Crippen LogP) is 1.40. The third kappa shape index (κ3) is 2.19. The number of nitrogen functional groups attached to an aromatic ring is 1. The van der Waals surface area contributed by atoms with Crippen LogP contribution < -0.4 is 10.6 Å². The van der Waals surface area contributed by atoms with Crippen LogP contribution >= 0.6 is 0 Å². The average Bonchev–Trinajstić information content (AvgIpc) is 2.49. The van der Waals surface area contributed by atoms with Crippen LogP contribution in [0.2, 0.25) is 0 Å². The number of aliphatic hydroxyl groups is 1. The second-order valence-corrected chi connectivity index (χ2v) is 5.21. The number of rotatable bonds is 2. The van der Waals surface area contributed by atoms with Crippen LogP contribution in [-0.2, 0) is 4.74 Å². The molecule has 0 bridgehead atoms. The summed E-state index contributed by atoms with van der Waals surface area (Å²) in [7, 11) is 0. The van der Waals surface area contributed by atoms with Crippen molar-refractivity contribution in [3.8, 4) is 0 Å². The first-order valence-corrected chi connectivity index (χ1v) is 6.83. The molecule has 5 nitrogen and oxygen atoms in total. The van der Waals surface area contributed by atoms with E-state index in [-0.39, 0.29) is 18.8 Å². The van der Waals surface area contributed by atoms with E-state index in [1.165, 1.54) is 0 Å². The zero-order chi connectivity index (χ0) is 14.1. The van der Waals surface area contributed by atoms with Gasteiger partial charge in [0.15, 0.2) is 0 Å². The number of aromatic nitrogens is 1. The number of nitrogens with two attached hydrogens (primary N) is 1. The second kappa shape index (κ2) is 5.26. The van der Waals surface area contributed by atoms with E-state index in [1.807, 2.05) is 24.3 Å². The molecule has 1 aromatic carbocycles. The van der Waals surface area contributed by atoms with Gasteiger partial charge in [0, 0.05) is 29.9 Å². The summed E-state index contributed by atoms with van der Waals surface area (Å²) in [5, 5.41) is 10.4. The summed E-state index contributed by atoms with van der Waals surface area (Å²) < 4.78 is 5.59. The van der Waals surface area contributed by atoms with Crippen molar-refractivity contribution in [2.75, 3.05) is 30.4 Å². The minimum absolute atomic E-state index is 0.0361. The second-order valence-electron chi connectivity index (χ2n) is 5.21. The minimum atomic E-state index is -0.143. The first-order chi connectivity index (χ1) is 9.70. The van der Waals surface area contributed by atoms with Crippen LogP contribution in [0.25, 0.3) is 10.9 Å². The Morgan fingerprint density at radius 3 is 3.10 bits per heavy atom. The van der Waals surface area contributed by atoms with E-state index in [2.05, 4.69) is 16.8 Å². The van der Waals surface area contributed by atoms with Crippen molar-refractivity contribution in [1.29, 1.82) is 0 Å². The Bertz CT molecular complexity index is 617. The SMILES string of the molecule is CC1COC(CO)CN1c1ccc(N)c2ncccc12. The Kier molecular flexibility index (Phi) is 3.46. The smallest absolute Gasteiger partial charge is 0.0981 e. The normalized spacial score (nSPS) is 23.2. The molecule has 1 fully saturated rings. The third-order valence-electron chi connectivity index (χ3n) is 3.80. The van der Waals surface area contributed by atoms with Gasteiger partial charge in [-0.05, 0) is 31.2 Å². The highest BCUT2D eigenvalue weighted by molar-refractivity contribution is 5.98. The number of morpholine rings is 1. The van der Waals surface area contributed by atoms with Crippen LogP contribution in [0.15, 0.2) is 30.5 Å². The first kappa shape index (κ1) is 13.1. The van der Waals surface area contributed by atoms with Crippen molar-refractivity contribution in [1.82, 2.24) is 4.98 Å². The lowest BCUT2D eigenvalue weighted by Crippen LogP contribution is -2.49. The molecule has 3 N–H and O–H groups in total. The van der Waals surface area contributed by atoms with Crippen LogP contribution in [0.3, 0.4) is 0 Å². The molecule has 0 aliphatic carbocycles. The van der Waals surface area contributed by atoms with E-state index in [4.69, 9.17) is 10.5 Å². The molecular weight excluding hydrogens is 254 g/mol. The van der Waals surface area contributed by atoms with Crippen LogP contribution in [0.4, 0.5) is 11.4 Å². The van der Waals surface area contributed by atoms with E-state index in [9.17, 15) is 5.11 Å². The number of fused-ring (bicyclic) bond motifs is 1. The highest BCUT2D eigenvalue weighted by Gasteiger charge is 2.27. The van der Waals surface area contributed by atoms with E-state index >= 15 is 0 Å². The molecule has 20 heavy (non-hydrogen) atoms. The van der Waals surface area contributed by atoms with E-state index in [0.29, 0.717) is 18.8 Å². The first-order valence-electron chi connectivity index (χ1n) is 6.83. The van der Waals surface area contributed by atoms with Crippen LogP contribution in [0.1, 0.15) is 6.92 Å². The Labute approximate surface area is 118 Å². The summed E-state index contributed by atoms with van der Waals surface area (Å²) in [6.07, 6.45) is 1.61. The molecule has 2 atom stereocenters. The van der Waals surface area contributed by atoms with Gasteiger partial charge in [-0.3, -0.25) is 4.98 Å². The topological polar surface area (TPSA) is 71.6 Å². The molecule has 1 saturated heterocycles. The highest BCUT2D eigenvalue weighted by Crippen LogP contribution is 2.32. The molecule has 1 aliphatic rings. The molecule has 0 saturated carbocycles. The van der Waals surface area contributed by atoms with Crippen molar-refractivity contribution in [2.24, 2.45) is 0 Å². The lowest BCUT2D eigenvalue weighted by Gasteiger charge is -2.39. The summed E-state index contributed by atoms with van der Waals surface area (Å²) in [5.74, 6) is 0. The maximum atomic E-state index is 9.32. The summed E-state index contributed by atoms with van der Waals surface area (Å²) in [5.41, 5.74) is 8.60. The van der Waals surface area contributed by atoms with E-state index in [0.717, 1.165) is 16.6 Å². The zero-order valence-corrected chi connectivity index (χ0v) is 11.5. The van der Waals surface area contributed by atoms with Crippen LogP contribution in [-0.4, -0.2) is 42.0 Å². The summed E-state index contributed by atoms with van der Waals surface area (Å²) in [6.45, 7) is 3.43. The maximum absolute atomic E-state index is 9.32. The standard InChI is InChI=1S/C15H19N3O2/c1-10-9-20-11(8-19)7-18(10)14-5-4-13(16)15-12(14)3-2-6-17-15/h2-6,10-11,19H,7-9,16H2,1H3. The van der Waals surface area contributed by atoms with E-state index in [1.54, 1.807) is 6.20 Å². The zero-order valence-electron chi connectivity index (χ0n) is 11.5. The van der Waals surface area contributed by atoms with Gasteiger partial charge in [-0.2, -0.15) is 0 Å². The Morgan fingerprint density at radius 1 is 1.45 bits per heavy atom. The molecule has 2 heterocycles. The van der Waals surface area contributed by atoms with Gasteiger partial charge in [0.25, 0.3) is 0 Å². The number of aliphatic hydroxyl groups excluding tert-OH is 1. The van der Waals surface area contributed by atoms with Gasteiger partial charge >= 0.3 is 0 Å². The van der Waals surface area contributed by atoms with Gasteiger partial charge in [-0.1, -0.05) is 0 Å². The maximum Gasteiger partial charge on any atom is 0.0981 e. The number of anilines is 2. The van der Waals surface area contributed by atoms with Gasteiger partial charge in [-0.25, -0.2) is 0 Å². The Morgan fingerprint density at radius 2 is 2.30 bits per heavy atom. The summed E-state index contributed by atoms with van der Waals surface area (Å²) >= 11 is 0.